The molecule has 0 aliphatic heterocycles. The molecule has 1 aromatic heterocycles. The molecule has 4 amide bonds. The molecule has 2 rings (SSSR count). The number of carboxylic acid groups (broad SMARTS) is 1. The number of nitrogens with two attached hydrogens (primary N) is 3. The van der Waals surface area contributed by atoms with E-state index < -0.39 is 66.8 Å². The van der Waals surface area contributed by atoms with Crippen molar-refractivity contribution in [3.8, 4) is 0 Å². The first-order valence-corrected chi connectivity index (χ1v) is 12.1. The SMILES string of the molecule is NCCCCC(N)C(=O)NC(CO)C(=O)NC(Cc1c[nH]c2ccccc12)C(=O)NC(CC(N)=O)C(=O)O. The van der Waals surface area contributed by atoms with Crippen molar-refractivity contribution in [3.05, 3.63) is 36.0 Å². The number of aromatic amines is 1. The second-order valence-corrected chi connectivity index (χ2v) is 8.83. The highest BCUT2D eigenvalue weighted by atomic mass is 16.4. The Hall–Kier alpha value is -4.01. The third kappa shape index (κ3) is 8.83. The zero-order valence-corrected chi connectivity index (χ0v) is 20.8. The number of fused-ring (bicyclic) bond motifs is 1. The van der Waals surface area contributed by atoms with Gasteiger partial charge in [0.2, 0.25) is 23.6 Å². The summed E-state index contributed by atoms with van der Waals surface area (Å²) in [6.45, 7) is -0.341. The van der Waals surface area contributed by atoms with E-state index in [1.54, 1.807) is 18.3 Å². The molecule has 4 unspecified atom stereocenters. The average Bonchev–Trinajstić information content (AvgIpc) is 3.28. The summed E-state index contributed by atoms with van der Waals surface area (Å²) in [4.78, 5) is 64.3. The van der Waals surface area contributed by atoms with Gasteiger partial charge in [-0.25, -0.2) is 4.79 Å². The lowest BCUT2D eigenvalue weighted by molar-refractivity contribution is -0.143. The fourth-order valence-electron chi connectivity index (χ4n) is 3.79. The molecule has 2 aromatic rings. The van der Waals surface area contributed by atoms with Crippen molar-refractivity contribution in [2.75, 3.05) is 13.2 Å². The van der Waals surface area contributed by atoms with Crippen LogP contribution in [-0.2, 0) is 30.4 Å². The highest BCUT2D eigenvalue weighted by molar-refractivity contribution is 5.95. The molecule has 0 spiro atoms. The van der Waals surface area contributed by atoms with E-state index in [-0.39, 0.29) is 6.42 Å². The first-order valence-electron chi connectivity index (χ1n) is 12.1. The predicted molar refractivity (Wildman–Crippen MR) is 137 cm³/mol. The van der Waals surface area contributed by atoms with Crippen LogP contribution in [0, 0.1) is 0 Å². The summed E-state index contributed by atoms with van der Waals surface area (Å²) in [5, 5.41) is 26.9. The molecule has 38 heavy (non-hydrogen) atoms. The number of unbranched alkanes of at least 4 members (excludes halogenated alkanes) is 1. The Morgan fingerprint density at radius 3 is 2.18 bits per heavy atom. The molecule has 1 heterocycles. The Kier molecular flexibility index (Phi) is 11.7. The summed E-state index contributed by atoms with van der Waals surface area (Å²) in [5.74, 6) is -4.89. The first kappa shape index (κ1) is 30.2. The molecule has 14 heteroatoms. The minimum atomic E-state index is -1.62. The van der Waals surface area contributed by atoms with Crippen LogP contribution in [0.15, 0.2) is 30.5 Å². The van der Waals surface area contributed by atoms with Crippen molar-refractivity contribution in [2.24, 2.45) is 17.2 Å². The van der Waals surface area contributed by atoms with Crippen molar-refractivity contribution in [1.29, 1.82) is 0 Å². The summed E-state index contributed by atoms with van der Waals surface area (Å²) >= 11 is 0. The van der Waals surface area contributed by atoms with Crippen LogP contribution in [0.1, 0.15) is 31.2 Å². The van der Waals surface area contributed by atoms with E-state index in [0.29, 0.717) is 31.4 Å². The standard InChI is InChI=1S/C24H35N7O7/c25-8-4-3-6-15(26)21(34)31-19(12-32)23(36)29-17(22(35)30-18(24(37)38)10-20(27)33)9-13-11-28-16-7-2-1-5-14(13)16/h1-2,5,7,11,15,17-19,28,32H,3-4,6,8-10,12,25-26H2,(H2,27,33)(H,29,36)(H,30,35)(H,31,34)(H,37,38). The number of hydrogen-bond donors (Lipinski definition) is 9. The molecule has 12 N–H and O–H groups in total. The maximum Gasteiger partial charge on any atom is 0.326 e. The third-order valence-electron chi connectivity index (χ3n) is 5.87. The molecule has 0 radical (unpaired) electrons. The number of aromatic nitrogens is 1. The number of rotatable bonds is 16. The number of primary amides is 1. The number of carbonyl (C=O) groups excluding carboxylic acids is 4. The number of carboxylic acids is 1. The quantitative estimate of drug-likeness (QED) is 0.104. The molecule has 1 aromatic carbocycles. The molecule has 0 aliphatic rings. The van der Waals surface area contributed by atoms with Crippen LogP contribution in [0.3, 0.4) is 0 Å². The van der Waals surface area contributed by atoms with Crippen LogP contribution >= 0.6 is 0 Å². The summed E-state index contributed by atoms with van der Waals surface area (Å²) in [6.07, 6.45) is 2.50. The molecule has 0 bridgehead atoms. The molecule has 0 aliphatic carbocycles. The van der Waals surface area contributed by atoms with Crippen LogP contribution in [-0.4, -0.2) is 82.1 Å². The molecule has 0 saturated heterocycles. The van der Waals surface area contributed by atoms with Crippen molar-refractivity contribution in [1.82, 2.24) is 20.9 Å². The van der Waals surface area contributed by atoms with Crippen molar-refractivity contribution < 1.29 is 34.2 Å². The van der Waals surface area contributed by atoms with Crippen molar-refractivity contribution in [2.45, 2.75) is 56.3 Å². The fourth-order valence-corrected chi connectivity index (χ4v) is 3.79. The lowest BCUT2D eigenvalue weighted by Gasteiger charge is -2.24. The second-order valence-electron chi connectivity index (χ2n) is 8.83. The number of hydrogen-bond acceptors (Lipinski definition) is 8. The number of H-pyrrole nitrogens is 1. The molecule has 4 atom stereocenters. The van der Waals surface area contributed by atoms with Gasteiger partial charge in [0.05, 0.1) is 19.1 Å². The number of aliphatic hydroxyl groups is 1. The van der Waals surface area contributed by atoms with Crippen LogP contribution in [0.5, 0.6) is 0 Å². The minimum absolute atomic E-state index is 0.0742. The molecule has 14 nitrogen and oxygen atoms in total. The Balaban J connectivity index is 2.22. The smallest absolute Gasteiger partial charge is 0.326 e. The fraction of sp³-hybridized carbons (Fsp3) is 0.458. The zero-order chi connectivity index (χ0) is 28.2. The van der Waals surface area contributed by atoms with E-state index in [4.69, 9.17) is 17.2 Å². The second kappa shape index (κ2) is 14.7. The van der Waals surface area contributed by atoms with Gasteiger partial charge in [0.25, 0.3) is 0 Å². The zero-order valence-electron chi connectivity index (χ0n) is 20.8. The van der Waals surface area contributed by atoms with Gasteiger partial charge in [0.15, 0.2) is 0 Å². The normalized spacial score (nSPS) is 14.2. The highest BCUT2D eigenvalue weighted by Crippen LogP contribution is 2.19. The van der Waals surface area contributed by atoms with Gasteiger partial charge in [-0.3, -0.25) is 19.2 Å². The van der Waals surface area contributed by atoms with Crippen molar-refractivity contribution >= 4 is 40.5 Å². The van der Waals surface area contributed by atoms with E-state index in [9.17, 15) is 34.2 Å². The van der Waals surface area contributed by atoms with E-state index in [1.165, 1.54) is 0 Å². The monoisotopic (exact) mass is 533 g/mol. The maximum atomic E-state index is 13.1. The lowest BCUT2D eigenvalue weighted by Crippen LogP contribution is -2.58. The van der Waals surface area contributed by atoms with Gasteiger partial charge in [-0.15, -0.1) is 0 Å². The number of para-hydroxylation sites is 1. The van der Waals surface area contributed by atoms with Gasteiger partial charge >= 0.3 is 5.97 Å². The van der Waals surface area contributed by atoms with Gasteiger partial charge in [-0.1, -0.05) is 24.6 Å². The third-order valence-corrected chi connectivity index (χ3v) is 5.87. The number of carbonyl (C=O) groups is 5. The Labute approximate surface area is 218 Å². The van der Waals surface area contributed by atoms with Gasteiger partial charge in [0.1, 0.15) is 18.1 Å². The molecular weight excluding hydrogens is 498 g/mol. The molecular formula is C24H35N7O7. The largest absolute Gasteiger partial charge is 0.480 e. The molecule has 0 saturated carbocycles. The predicted octanol–water partition coefficient (Wildman–Crippen LogP) is -2.43. The number of aliphatic hydroxyl groups excluding tert-OH is 1. The van der Waals surface area contributed by atoms with Gasteiger partial charge in [-0.05, 0) is 31.0 Å². The lowest BCUT2D eigenvalue weighted by atomic mass is 10.0. The Morgan fingerprint density at radius 2 is 1.55 bits per heavy atom. The highest BCUT2D eigenvalue weighted by Gasteiger charge is 2.31. The van der Waals surface area contributed by atoms with E-state index in [0.717, 1.165) is 10.9 Å². The Morgan fingerprint density at radius 1 is 0.921 bits per heavy atom. The average molecular weight is 534 g/mol. The number of benzene rings is 1. The summed E-state index contributed by atoms with van der Waals surface area (Å²) in [5.41, 5.74) is 17.8. The van der Waals surface area contributed by atoms with Crippen LogP contribution in [0.2, 0.25) is 0 Å². The summed E-state index contributed by atoms with van der Waals surface area (Å²) in [6, 6.07) is 1.89. The Bertz CT molecular complexity index is 1140. The van der Waals surface area contributed by atoms with Gasteiger partial charge in [-0.2, -0.15) is 0 Å². The van der Waals surface area contributed by atoms with Crippen molar-refractivity contribution in [3.63, 3.8) is 0 Å². The van der Waals surface area contributed by atoms with E-state index in [1.807, 2.05) is 12.1 Å². The minimum Gasteiger partial charge on any atom is -0.480 e. The number of nitrogens with one attached hydrogen (secondary N) is 4. The van der Waals surface area contributed by atoms with E-state index >= 15 is 0 Å². The van der Waals surface area contributed by atoms with Gasteiger partial charge < -0.3 is 48.3 Å². The van der Waals surface area contributed by atoms with Gasteiger partial charge in [0, 0.05) is 23.5 Å². The summed E-state index contributed by atoms with van der Waals surface area (Å²) < 4.78 is 0. The maximum absolute atomic E-state index is 13.1. The number of amides is 4. The van der Waals surface area contributed by atoms with Crippen LogP contribution in [0.4, 0.5) is 0 Å². The van der Waals surface area contributed by atoms with E-state index in [2.05, 4.69) is 20.9 Å². The molecule has 0 fully saturated rings. The van der Waals surface area contributed by atoms with Crippen LogP contribution < -0.4 is 33.2 Å². The summed E-state index contributed by atoms with van der Waals surface area (Å²) in [7, 11) is 0. The topological polar surface area (TPSA) is 256 Å². The van der Waals surface area contributed by atoms with Crippen LogP contribution in [0.25, 0.3) is 10.9 Å². The molecule has 208 valence electrons. The first-order chi connectivity index (χ1) is 18.1. The number of aliphatic carboxylic acids is 1.